The molecule has 1 atom stereocenters. The van der Waals surface area contributed by atoms with Gasteiger partial charge in [0.15, 0.2) is 0 Å². The maximum absolute atomic E-state index is 9.33. The van der Waals surface area contributed by atoms with E-state index in [1.54, 1.807) is 0 Å². The van der Waals surface area contributed by atoms with Crippen molar-refractivity contribution >= 4 is 0 Å². The van der Waals surface area contributed by atoms with Crippen molar-refractivity contribution < 1.29 is 0 Å². The minimum absolute atomic E-state index is 0.383. The van der Waals surface area contributed by atoms with Gasteiger partial charge in [-0.2, -0.15) is 10.4 Å². The normalized spacial score (nSPS) is 18.1. The van der Waals surface area contributed by atoms with Crippen LogP contribution in [-0.2, 0) is 6.54 Å². The zero-order chi connectivity index (χ0) is 14.0. The molecule has 0 saturated heterocycles. The largest absolute Gasteiger partial charge is 0.297 e. The minimum Gasteiger partial charge on any atom is -0.297 e. The summed E-state index contributed by atoms with van der Waals surface area (Å²) in [5.41, 5.74) is 3.24. The molecule has 0 aromatic carbocycles. The Bertz CT molecular complexity index is 493. The number of nitriles is 1. The Kier molecular flexibility index (Phi) is 3.96. The molecule has 4 heteroatoms. The van der Waals surface area contributed by atoms with Crippen LogP contribution >= 0.6 is 0 Å². The smallest absolute Gasteiger partial charge is 0.104 e. The Balaban J connectivity index is 1.88. The Labute approximate surface area is 115 Å². The molecule has 1 aliphatic rings. The first-order chi connectivity index (χ1) is 8.95. The minimum atomic E-state index is -0.383. The Morgan fingerprint density at radius 1 is 1.42 bits per heavy atom. The molecule has 1 aromatic heterocycles. The summed E-state index contributed by atoms with van der Waals surface area (Å²) in [6, 6.07) is 3.00. The highest BCUT2D eigenvalue weighted by Gasteiger charge is 2.32. The fraction of sp³-hybridized carbons (Fsp3) is 0.733. The molecular weight excluding hydrogens is 236 g/mol. The summed E-state index contributed by atoms with van der Waals surface area (Å²) in [5.74, 6) is 0. The number of hydrogen-bond acceptors (Lipinski definition) is 3. The van der Waals surface area contributed by atoms with Crippen LogP contribution in [0, 0.1) is 32.1 Å². The van der Waals surface area contributed by atoms with E-state index in [1.165, 1.54) is 24.1 Å². The molecular formula is C15H24N4. The molecule has 0 aliphatic heterocycles. The van der Waals surface area contributed by atoms with Crippen LogP contribution in [0.1, 0.15) is 49.6 Å². The first kappa shape index (κ1) is 14.1. The average molecular weight is 260 g/mol. The van der Waals surface area contributed by atoms with E-state index >= 15 is 0 Å². The molecule has 104 valence electrons. The van der Waals surface area contributed by atoms with Crippen molar-refractivity contribution in [2.45, 2.75) is 71.5 Å². The van der Waals surface area contributed by atoms with Crippen molar-refractivity contribution in [3.63, 3.8) is 0 Å². The van der Waals surface area contributed by atoms with E-state index in [1.807, 2.05) is 13.8 Å². The summed E-state index contributed by atoms with van der Waals surface area (Å²) in [7, 11) is 0. The van der Waals surface area contributed by atoms with Gasteiger partial charge in [0.1, 0.15) is 5.54 Å². The molecule has 19 heavy (non-hydrogen) atoms. The number of hydrogen-bond donors (Lipinski definition) is 1. The van der Waals surface area contributed by atoms with Gasteiger partial charge in [-0.1, -0.05) is 0 Å². The Hall–Kier alpha value is -1.34. The highest BCUT2D eigenvalue weighted by atomic mass is 15.3. The van der Waals surface area contributed by atoms with Gasteiger partial charge in [0, 0.05) is 18.3 Å². The third kappa shape index (κ3) is 3.36. The first-order valence-electron chi connectivity index (χ1n) is 7.15. The number of nitrogens with one attached hydrogen (secondary N) is 1. The van der Waals surface area contributed by atoms with Crippen molar-refractivity contribution in [2.24, 2.45) is 0 Å². The molecule has 0 bridgehead atoms. The summed E-state index contributed by atoms with van der Waals surface area (Å²) >= 11 is 0. The van der Waals surface area contributed by atoms with Crippen molar-refractivity contribution in [3.05, 3.63) is 17.0 Å². The van der Waals surface area contributed by atoms with E-state index in [2.05, 4.69) is 35.0 Å². The third-order valence-corrected chi connectivity index (χ3v) is 4.14. The molecule has 1 unspecified atom stereocenters. The second kappa shape index (κ2) is 5.34. The molecule has 1 heterocycles. The molecule has 1 N–H and O–H groups in total. The van der Waals surface area contributed by atoms with Gasteiger partial charge in [-0.3, -0.25) is 10.00 Å². The maximum atomic E-state index is 9.33. The van der Waals surface area contributed by atoms with E-state index in [-0.39, 0.29) is 5.54 Å². The summed E-state index contributed by atoms with van der Waals surface area (Å²) < 4.78 is 2.07. The van der Waals surface area contributed by atoms with E-state index in [0.29, 0.717) is 6.04 Å². The van der Waals surface area contributed by atoms with Crippen LogP contribution in [0.25, 0.3) is 0 Å². The summed E-state index contributed by atoms with van der Waals surface area (Å²) in [5, 5.41) is 17.3. The number of nitrogens with zero attached hydrogens (tertiary/aromatic N) is 3. The predicted octanol–water partition coefficient (Wildman–Crippen LogP) is 2.62. The maximum Gasteiger partial charge on any atom is 0.104 e. The van der Waals surface area contributed by atoms with Gasteiger partial charge >= 0.3 is 0 Å². The van der Waals surface area contributed by atoms with E-state index in [4.69, 9.17) is 0 Å². The molecule has 4 nitrogen and oxygen atoms in total. The highest BCUT2D eigenvalue weighted by Crippen LogP contribution is 2.24. The van der Waals surface area contributed by atoms with Crippen LogP contribution in [0.2, 0.25) is 0 Å². The lowest BCUT2D eigenvalue weighted by Gasteiger charge is -2.23. The lowest BCUT2D eigenvalue weighted by atomic mass is 9.97. The zero-order valence-electron chi connectivity index (χ0n) is 12.5. The van der Waals surface area contributed by atoms with Crippen LogP contribution in [-0.4, -0.2) is 21.4 Å². The van der Waals surface area contributed by atoms with Crippen molar-refractivity contribution in [1.29, 1.82) is 5.26 Å². The number of aromatic nitrogens is 2. The summed E-state index contributed by atoms with van der Waals surface area (Å²) in [6.07, 6.45) is 4.28. The lowest BCUT2D eigenvalue weighted by molar-refractivity contribution is 0.384. The van der Waals surface area contributed by atoms with E-state index < -0.39 is 0 Å². The van der Waals surface area contributed by atoms with Crippen molar-refractivity contribution in [2.75, 3.05) is 0 Å². The molecule has 1 saturated carbocycles. The molecule has 0 spiro atoms. The summed E-state index contributed by atoms with van der Waals surface area (Å²) in [4.78, 5) is 0. The predicted molar refractivity (Wildman–Crippen MR) is 75.8 cm³/mol. The third-order valence-electron chi connectivity index (χ3n) is 4.14. The van der Waals surface area contributed by atoms with Gasteiger partial charge in [-0.05, 0) is 58.9 Å². The standard InChI is InChI=1S/C15H24N4/c1-11-12(2)18-19(13(11)3)9-5-8-15(4,10-16)17-14-6-7-14/h14,17H,5-9H2,1-4H3. The monoisotopic (exact) mass is 260 g/mol. The number of rotatable bonds is 6. The molecule has 2 rings (SSSR count). The van der Waals surface area contributed by atoms with Gasteiger partial charge < -0.3 is 0 Å². The first-order valence-corrected chi connectivity index (χ1v) is 7.15. The van der Waals surface area contributed by atoms with Gasteiger partial charge in [0.2, 0.25) is 0 Å². The molecule has 1 fully saturated rings. The molecule has 0 amide bonds. The number of aryl methyl sites for hydroxylation is 2. The topological polar surface area (TPSA) is 53.6 Å². The quantitative estimate of drug-likeness (QED) is 0.855. The second-order valence-corrected chi connectivity index (χ2v) is 5.99. The molecule has 1 aromatic rings. The van der Waals surface area contributed by atoms with Crippen LogP contribution < -0.4 is 5.32 Å². The van der Waals surface area contributed by atoms with Gasteiger partial charge in [0.25, 0.3) is 0 Å². The average Bonchev–Trinajstić information content (AvgIpc) is 3.15. The van der Waals surface area contributed by atoms with E-state index in [0.717, 1.165) is 25.1 Å². The van der Waals surface area contributed by atoms with Gasteiger partial charge in [-0.25, -0.2) is 0 Å². The SMILES string of the molecule is Cc1nn(CCCC(C)(C#N)NC2CC2)c(C)c1C. The van der Waals surface area contributed by atoms with Crippen molar-refractivity contribution in [1.82, 2.24) is 15.1 Å². The fourth-order valence-corrected chi connectivity index (χ4v) is 2.43. The highest BCUT2D eigenvalue weighted by molar-refractivity contribution is 5.22. The Morgan fingerprint density at radius 2 is 2.11 bits per heavy atom. The molecule has 0 radical (unpaired) electrons. The lowest BCUT2D eigenvalue weighted by Crippen LogP contribution is -2.42. The second-order valence-electron chi connectivity index (χ2n) is 5.99. The van der Waals surface area contributed by atoms with E-state index in [9.17, 15) is 5.26 Å². The van der Waals surface area contributed by atoms with Crippen LogP contribution in [0.4, 0.5) is 0 Å². The summed E-state index contributed by atoms with van der Waals surface area (Å²) in [6.45, 7) is 9.18. The van der Waals surface area contributed by atoms with Crippen LogP contribution in [0.15, 0.2) is 0 Å². The fourth-order valence-electron chi connectivity index (χ4n) is 2.43. The van der Waals surface area contributed by atoms with Gasteiger partial charge in [-0.15, -0.1) is 0 Å². The van der Waals surface area contributed by atoms with Gasteiger partial charge in [0.05, 0.1) is 11.8 Å². The molecule has 1 aliphatic carbocycles. The van der Waals surface area contributed by atoms with Crippen molar-refractivity contribution in [3.8, 4) is 6.07 Å². The zero-order valence-corrected chi connectivity index (χ0v) is 12.5. The van der Waals surface area contributed by atoms with Crippen LogP contribution in [0.5, 0.6) is 0 Å². The van der Waals surface area contributed by atoms with Crippen LogP contribution in [0.3, 0.4) is 0 Å². The Morgan fingerprint density at radius 3 is 2.58 bits per heavy atom.